The Morgan fingerprint density at radius 1 is 1.52 bits per heavy atom. The Labute approximate surface area is 126 Å². The normalized spacial score (nSPS) is 18.7. The molecule has 0 bridgehead atoms. The summed E-state index contributed by atoms with van der Waals surface area (Å²) in [6.45, 7) is 0.631. The second-order valence-electron chi connectivity index (χ2n) is 4.54. The molecule has 1 heterocycles. The summed E-state index contributed by atoms with van der Waals surface area (Å²) < 4.78 is 46.2. The van der Waals surface area contributed by atoms with E-state index in [0.29, 0.717) is 12.7 Å². The van der Waals surface area contributed by atoms with Crippen molar-refractivity contribution in [1.82, 2.24) is 0 Å². The number of esters is 1. The molecule has 0 aromatic heterocycles. The predicted molar refractivity (Wildman–Crippen MR) is 72.0 cm³/mol. The molecule has 1 fully saturated rings. The summed E-state index contributed by atoms with van der Waals surface area (Å²) in [6, 6.07) is 1.48. The van der Waals surface area contributed by atoms with Crippen LogP contribution in [0.4, 0.5) is 4.39 Å². The number of sulfonamides is 1. The maximum Gasteiger partial charge on any atom is 0.339 e. The summed E-state index contributed by atoms with van der Waals surface area (Å²) in [6.07, 6.45) is 1.47. The number of hydrogen-bond donors (Lipinski definition) is 1. The largest absolute Gasteiger partial charge is 0.459 e. The summed E-state index contributed by atoms with van der Waals surface area (Å²) in [4.78, 5) is 11.1. The highest BCUT2D eigenvalue weighted by atomic mass is 35.5. The van der Waals surface area contributed by atoms with Gasteiger partial charge in [0, 0.05) is 6.61 Å². The number of hydrogen-bond acceptors (Lipinski definition) is 5. The Kier molecular flexibility index (Phi) is 4.82. The van der Waals surface area contributed by atoms with Crippen LogP contribution in [0.3, 0.4) is 0 Å². The van der Waals surface area contributed by atoms with Gasteiger partial charge in [0.25, 0.3) is 0 Å². The Morgan fingerprint density at radius 2 is 2.24 bits per heavy atom. The molecule has 1 aromatic rings. The average Bonchev–Trinajstić information content (AvgIpc) is 2.87. The SMILES string of the molecule is NS(=O)(=O)c1cc(C(=O)OCC2CCCO2)c(Cl)cc1F. The average molecular weight is 338 g/mol. The van der Waals surface area contributed by atoms with Crippen LogP contribution in [0.25, 0.3) is 0 Å². The zero-order valence-electron chi connectivity index (χ0n) is 10.8. The molecule has 1 aliphatic heterocycles. The molecule has 0 amide bonds. The molecule has 2 N–H and O–H groups in total. The minimum atomic E-state index is -4.30. The summed E-state index contributed by atoms with van der Waals surface area (Å²) in [7, 11) is -4.30. The van der Waals surface area contributed by atoms with E-state index in [0.717, 1.165) is 18.9 Å². The van der Waals surface area contributed by atoms with Crippen LogP contribution in [0, 0.1) is 5.82 Å². The molecule has 1 aromatic carbocycles. The lowest BCUT2D eigenvalue weighted by Gasteiger charge is -2.11. The Hall–Kier alpha value is -1.22. The second kappa shape index (κ2) is 6.27. The van der Waals surface area contributed by atoms with Crippen LogP contribution in [0.15, 0.2) is 17.0 Å². The van der Waals surface area contributed by atoms with Crippen LogP contribution in [-0.2, 0) is 19.5 Å². The first kappa shape index (κ1) is 16.2. The minimum Gasteiger partial charge on any atom is -0.459 e. The molecule has 1 unspecified atom stereocenters. The summed E-state index contributed by atoms with van der Waals surface area (Å²) in [5.74, 6) is -1.99. The molecule has 1 saturated heterocycles. The number of carbonyl (C=O) groups is 1. The van der Waals surface area contributed by atoms with Gasteiger partial charge in [-0.3, -0.25) is 0 Å². The van der Waals surface area contributed by atoms with Gasteiger partial charge in [-0.25, -0.2) is 22.7 Å². The number of carbonyl (C=O) groups excluding carboxylic acids is 1. The molecule has 2 rings (SSSR count). The lowest BCUT2D eigenvalue weighted by Crippen LogP contribution is -2.19. The molecule has 9 heteroatoms. The van der Waals surface area contributed by atoms with Gasteiger partial charge in [-0.1, -0.05) is 11.6 Å². The van der Waals surface area contributed by atoms with Crippen LogP contribution in [-0.4, -0.2) is 33.7 Å². The highest BCUT2D eigenvalue weighted by Gasteiger charge is 2.23. The number of ether oxygens (including phenoxy) is 2. The van der Waals surface area contributed by atoms with E-state index in [2.05, 4.69) is 0 Å². The smallest absolute Gasteiger partial charge is 0.339 e. The lowest BCUT2D eigenvalue weighted by molar-refractivity contribution is 0.0161. The van der Waals surface area contributed by atoms with Crippen LogP contribution in [0.5, 0.6) is 0 Å². The molecule has 0 aliphatic carbocycles. The maximum atomic E-state index is 13.5. The molecule has 1 atom stereocenters. The molecular formula is C12H13ClFNO5S. The van der Waals surface area contributed by atoms with Gasteiger partial charge in [-0.2, -0.15) is 0 Å². The quantitative estimate of drug-likeness (QED) is 0.839. The number of primary sulfonamides is 1. The maximum absolute atomic E-state index is 13.5. The van der Waals surface area contributed by atoms with Crippen LogP contribution in [0.1, 0.15) is 23.2 Å². The van der Waals surface area contributed by atoms with Gasteiger partial charge in [0.05, 0.1) is 16.7 Å². The first-order valence-corrected chi connectivity index (χ1v) is 8.02. The second-order valence-corrected chi connectivity index (χ2v) is 6.48. The van der Waals surface area contributed by atoms with Crippen molar-refractivity contribution in [3.63, 3.8) is 0 Å². The summed E-state index contributed by atoms with van der Waals surface area (Å²) in [5, 5.41) is 4.61. The van der Waals surface area contributed by atoms with Gasteiger partial charge in [-0.05, 0) is 25.0 Å². The third-order valence-corrected chi connectivity index (χ3v) is 4.21. The van der Waals surface area contributed by atoms with Crippen LogP contribution < -0.4 is 5.14 Å². The van der Waals surface area contributed by atoms with Crippen molar-refractivity contribution >= 4 is 27.6 Å². The fraction of sp³-hybridized carbons (Fsp3) is 0.417. The van der Waals surface area contributed by atoms with Gasteiger partial charge in [-0.15, -0.1) is 0 Å². The van der Waals surface area contributed by atoms with Crippen molar-refractivity contribution in [3.05, 3.63) is 28.5 Å². The number of halogens is 2. The third-order valence-electron chi connectivity index (χ3n) is 2.97. The monoisotopic (exact) mass is 337 g/mol. The Morgan fingerprint density at radius 3 is 2.81 bits per heavy atom. The van der Waals surface area contributed by atoms with Gasteiger partial charge in [0.1, 0.15) is 17.3 Å². The third kappa shape index (κ3) is 3.91. The van der Waals surface area contributed by atoms with Crippen molar-refractivity contribution in [2.24, 2.45) is 5.14 Å². The standard InChI is InChI=1S/C12H13ClFNO5S/c13-9-5-10(14)11(21(15,17)18)4-8(9)12(16)20-6-7-2-1-3-19-7/h4-5,7H,1-3,6H2,(H2,15,17,18). The van der Waals surface area contributed by atoms with E-state index in [1.807, 2.05) is 0 Å². The minimum absolute atomic E-state index is 0.0250. The van der Waals surface area contributed by atoms with Gasteiger partial charge in [0.2, 0.25) is 10.0 Å². The van der Waals surface area contributed by atoms with E-state index in [1.165, 1.54) is 0 Å². The highest BCUT2D eigenvalue weighted by Crippen LogP contribution is 2.24. The van der Waals surface area contributed by atoms with Crippen molar-refractivity contribution in [2.45, 2.75) is 23.8 Å². The van der Waals surface area contributed by atoms with E-state index in [4.69, 9.17) is 26.2 Å². The van der Waals surface area contributed by atoms with Gasteiger partial charge in [0.15, 0.2) is 0 Å². The summed E-state index contributed by atoms with van der Waals surface area (Å²) in [5.41, 5.74) is -0.264. The Balaban J connectivity index is 2.20. The fourth-order valence-electron chi connectivity index (χ4n) is 1.93. The molecule has 116 valence electrons. The van der Waals surface area contributed by atoms with Crippen LogP contribution in [0.2, 0.25) is 5.02 Å². The number of benzene rings is 1. The Bertz CT molecular complexity index is 658. The molecule has 21 heavy (non-hydrogen) atoms. The zero-order valence-corrected chi connectivity index (χ0v) is 12.4. The van der Waals surface area contributed by atoms with Crippen molar-refractivity contribution < 1.29 is 27.1 Å². The van der Waals surface area contributed by atoms with E-state index >= 15 is 0 Å². The number of nitrogens with two attached hydrogens (primary N) is 1. The van der Waals surface area contributed by atoms with Crippen molar-refractivity contribution in [1.29, 1.82) is 0 Å². The number of rotatable bonds is 4. The lowest BCUT2D eigenvalue weighted by atomic mass is 10.2. The van der Waals surface area contributed by atoms with Crippen molar-refractivity contribution in [3.8, 4) is 0 Å². The predicted octanol–water partition coefficient (Wildman–Crippen LogP) is 1.46. The summed E-state index contributed by atoms with van der Waals surface area (Å²) >= 11 is 5.73. The van der Waals surface area contributed by atoms with Crippen LogP contribution >= 0.6 is 11.6 Å². The van der Waals surface area contributed by atoms with E-state index in [9.17, 15) is 17.6 Å². The fourth-order valence-corrected chi connectivity index (χ4v) is 2.77. The van der Waals surface area contributed by atoms with E-state index < -0.39 is 26.7 Å². The topological polar surface area (TPSA) is 95.7 Å². The molecule has 0 radical (unpaired) electrons. The van der Waals surface area contributed by atoms with Gasteiger partial charge < -0.3 is 9.47 Å². The van der Waals surface area contributed by atoms with Gasteiger partial charge >= 0.3 is 5.97 Å². The van der Waals surface area contributed by atoms with E-state index in [1.54, 1.807) is 0 Å². The molecule has 1 aliphatic rings. The molecular weight excluding hydrogens is 325 g/mol. The first-order valence-electron chi connectivity index (χ1n) is 6.09. The molecule has 0 spiro atoms. The molecule has 6 nitrogen and oxygen atoms in total. The molecule has 0 saturated carbocycles. The van der Waals surface area contributed by atoms with E-state index in [-0.39, 0.29) is 23.3 Å². The highest BCUT2D eigenvalue weighted by molar-refractivity contribution is 7.89. The first-order chi connectivity index (χ1) is 9.79. The zero-order chi connectivity index (χ0) is 15.6. The van der Waals surface area contributed by atoms with Crippen molar-refractivity contribution in [2.75, 3.05) is 13.2 Å².